The monoisotopic (exact) mass is 1350 g/mol. The van der Waals surface area contributed by atoms with Gasteiger partial charge in [0.2, 0.25) is 17.9 Å². The van der Waals surface area contributed by atoms with Crippen molar-refractivity contribution >= 4 is 77.0 Å². The fourth-order valence-corrected chi connectivity index (χ4v) is 13.2. The molecule has 29 nitrogen and oxygen atoms in total. The van der Waals surface area contributed by atoms with Crippen molar-refractivity contribution in [2.45, 2.75) is 141 Å². The van der Waals surface area contributed by atoms with E-state index < -0.39 is 193 Å². The number of hydrogen-bond donors (Lipinski definition) is 7. The Bertz CT molecular complexity index is 3460. The summed E-state index contributed by atoms with van der Waals surface area (Å²) in [4.78, 5) is 175. The number of amides is 6. The lowest BCUT2D eigenvalue weighted by Gasteiger charge is -2.67. The number of ether oxygens (including phenoxy) is 9. The second-order valence-electron chi connectivity index (χ2n) is 24.8. The summed E-state index contributed by atoms with van der Waals surface area (Å²) >= 11 is 0. The van der Waals surface area contributed by atoms with Gasteiger partial charge in [0.1, 0.15) is 49.8 Å². The molecule has 12 atom stereocenters. The van der Waals surface area contributed by atoms with Crippen LogP contribution in [0.2, 0.25) is 0 Å². The third-order valence-corrected chi connectivity index (χ3v) is 18.0. The van der Waals surface area contributed by atoms with E-state index in [-0.39, 0.29) is 73.3 Å². The van der Waals surface area contributed by atoms with Crippen molar-refractivity contribution in [3.05, 3.63) is 119 Å². The molecule has 97 heavy (non-hydrogen) atoms. The van der Waals surface area contributed by atoms with Gasteiger partial charge in [-0.2, -0.15) is 0 Å². The van der Waals surface area contributed by atoms with Gasteiger partial charge >= 0.3 is 41.8 Å². The first-order valence-corrected chi connectivity index (χ1v) is 31.6. The predicted octanol–water partition coefficient (Wildman–Crippen LogP) is 2.32. The average Bonchev–Trinajstić information content (AvgIpc) is 0.670. The lowest BCUT2D eigenvalue weighted by Crippen LogP contribution is -2.82. The van der Waals surface area contributed by atoms with E-state index in [0.29, 0.717) is 6.42 Å². The number of nitrogens with one attached hydrogen (secondary N) is 5. The van der Waals surface area contributed by atoms with E-state index in [1.54, 1.807) is 61.5 Å². The molecular weight excluding hydrogens is 1270 g/mol. The average molecular weight is 1350 g/mol. The quantitative estimate of drug-likeness (QED) is 0.0218. The number of Topliss-reactive ketones (excluding diaryl/α,β-unsaturated/α-hetero) is 2. The summed E-state index contributed by atoms with van der Waals surface area (Å²) in [6.45, 7) is 6.05. The minimum Gasteiger partial charge on any atom is -0.466 e. The van der Waals surface area contributed by atoms with Gasteiger partial charge in [-0.3, -0.25) is 48.5 Å². The van der Waals surface area contributed by atoms with Gasteiger partial charge in [-0.05, 0) is 74.6 Å². The van der Waals surface area contributed by atoms with E-state index in [9.17, 15) is 63.0 Å². The van der Waals surface area contributed by atoms with Crippen molar-refractivity contribution in [2.24, 2.45) is 22.7 Å². The van der Waals surface area contributed by atoms with Crippen LogP contribution >= 0.6 is 0 Å². The molecule has 4 aliphatic rings. The smallest absolute Gasteiger partial charge is 0.350 e. The van der Waals surface area contributed by atoms with Gasteiger partial charge in [0.05, 0.1) is 55.2 Å². The molecule has 1 aliphatic heterocycles. The van der Waals surface area contributed by atoms with E-state index in [4.69, 9.17) is 37.9 Å². The van der Waals surface area contributed by atoms with Crippen LogP contribution in [0.1, 0.15) is 119 Å². The van der Waals surface area contributed by atoms with Crippen LogP contribution in [0.3, 0.4) is 0 Å². The number of unbranched alkanes of at least 4 members (excludes halogenated alkanes) is 1. The zero-order chi connectivity index (χ0) is 71.0. The van der Waals surface area contributed by atoms with E-state index >= 15 is 9.59 Å². The highest BCUT2D eigenvalue weighted by atomic mass is 16.6. The maximum Gasteiger partial charge on any atom is 0.350 e. The zero-order valence-electron chi connectivity index (χ0n) is 55.1. The molecule has 0 aromatic heterocycles. The molecule has 0 radical (unpaired) electrons. The van der Waals surface area contributed by atoms with Gasteiger partial charge in [0.15, 0.2) is 23.3 Å². The minimum absolute atomic E-state index is 0.0109. The number of imide groups is 1. The van der Waals surface area contributed by atoms with Crippen LogP contribution in [0.25, 0.3) is 0 Å². The van der Waals surface area contributed by atoms with Gasteiger partial charge in [0.25, 0.3) is 11.8 Å². The Balaban J connectivity index is 1.12. The predicted molar refractivity (Wildman–Crippen MR) is 335 cm³/mol. The number of ketones is 2. The standard InChI is InChI=1S/C68H83N5O24/c1-9-91-61(84)44(29-45(76)32-70-49(78)33-71-64(87)72-51(80)34-89-8)27-19-20-28-69-50(79)35-90-36-52(81)95-56(54(41-21-13-10-14-22-41)73-60(83)42-23-15-11-16-24-42)63(86)94-46-31-68(88)59(96-62(85)43-25-17-12-18-26-43)57-66(7,47(77)30-48-67(57,37-92-48)97-40(4)75)58(82)55(93-39(3)74)53(38(46)2)65(68,5)6/h10-18,21-26,44,46-48,54-57,59,77,88H,9,19-20,27-37H2,1-8H3,(H,69,79)(H,70,78)(H,73,83)(H2,71,72,80,87)/t44-,46+,47+,48-,54?,55-,56-,57+,59+,66-,67+,68-/m1/s1. The van der Waals surface area contributed by atoms with Crippen LogP contribution in [0.5, 0.6) is 0 Å². The number of esters is 6. The van der Waals surface area contributed by atoms with Gasteiger partial charge in [-0.1, -0.05) is 87.0 Å². The van der Waals surface area contributed by atoms with Gasteiger partial charge in [-0.15, -0.1) is 0 Å². The second kappa shape index (κ2) is 33.1. The van der Waals surface area contributed by atoms with Crippen molar-refractivity contribution in [3.63, 3.8) is 0 Å². The summed E-state index contributed by atoms with van der Waals surface area (Å²) in [5.41, 5.74) is -8.23. The maximum atomic E-state index is 15.9. The second-order valence-corrected chi connectivity index (χ2v) is 24.8. The number of benzene rings is 3. The first-order valence-electron chi connectivity index (χ1n) is 31.6. The molecule has 3 aromatic rings. The van der Waals surface area contributed by atoms with Gasteiger partial charge in [-0.25, -0.2) is 19.2 Å². The van der Waals surface area contributed by atoms with E-state index in [2.05, 4.69) is 26.0 Å². The number of methoxy groups -OCH3 is 1. The van der Waals surface area contributed by atoms with Crippen molar-refractivity contribution in [1.29, 1.82) is 0 Å². The molecule has 6 amide bonds. The molecule has 0 spiro atoms. The number of rotatable bonds is 30. The SMILES string of the molecule is CCOC(=O)[C@H](CCCCNC(=O)COCC(=O)O[C@@H](C(=O)O[C@H]1C[C@@]2(O)[C@@H](OC(=O)c3ccccc3)[C@@H]3[C@]4(OC(C)=O)CO[C@@H]4C[C@H](O)[C@@]3(C)C(=O)[C@H](OC(C)=O)C(=C1C)C2(C)C)C(NC(=O)c1ccccc1)c1ccccc1)CC(=O)CNC(=O)CNC(=O)NC(=O)COC. The topological polar surface area (TPSA) is 406 Å². The molecule has 29 heteroatoms. The third kappa shape index (κ3) is 17.7. The van der Waals surface area contributed by atoms with Gasteiger partial charge in [0, 0.05) is 57.7 Å². The van der Waals surface area contributed by atoms with E-state index in [1.165, 1.54) is 71.2 Å². The number of urea groups is 1. The molecule has 7 N–H and O–H groups in total. The van der Waals surface area contributed by atoms with Crippen LogP contribution in [0.15, 0.2) is 102 Å². The number of hydrogen-bond acceptors (Lipinski definition) is 24. The number of carbonyl (C=O) groups excluding carboxylic acids is 13. The van der Waals surface area contributed by atoms with Crippen LogP contribution in [-0.2, 0) is 90.6 Å². The van der Waals surface area contributed by atoms with Crippen molar-refractivity contribution in [3.8, 4) is 0 Å². The lowest BCUT2D eigenvalue weighted by molar-refractivity contribution is -0.346. The number of aliphatic hydroxyl groups is 2. The first kappa shape index (κ1) is 75.1. The highest BCUT2D eigenvalue weighted by molar-refractivity contribution is 5.98. The fourth-order valence-electron chi connectivity index (χ4n) is 13.2. The Hall–Kier alpha value is -9.29. The molecule has 1 saturated heterocycles. The molecule has 2 bridgehead atoms. The molecule has 3 aromatic carbocycles. The van der Waals surface area contributed by atoms with Gasteiger partial charge < -0.3 is 74.1 Å². The fraction of sp³-hybridized carbons (Fsp3) is 0.515. The number of fused-ring (bicyclic) bond motifs is 5. The van der Waals surface area contributed by atoms with Crippen LogP contribution in [0, 0.1) is 22.7 Å². The molecule has 2 saturated carbocycles. The van der Waals surface area contributed by atoms with Crippen molar-refractivity contribution in [1.82, 2.24) is 26.6 Å². The Kier molecular flexibility index (Phi) is 25.6. The van der Waals surface area contributed by atoms with E-state index in [1.807, 2.05) is 5.32 Å². The molecule has 1 unspecified atom stereocenters. The normalized spacial score (nSPS) is 24.5. The van der Waals surface area contributed by atoms with E-state index in [0.717, 1.165) is 13.8 Å². The van der Waals surface area contributed by atoms with Crippen LogP contribution < -0.4 is 26.6 Å². The number of aliphatic hydroxyl groups excluding tert-OH is 1. The Morgan fingerprint density at radius 2 is 1.38 bits per heavy atom. The summed E-state index contributed by atoms with van der Waals surface area (Å²) in [7, 11) is 1.25. The van der Waals surface area contributed by atoms with Crippen molar-refractivity contribution in [2.75, 3.05) is 59.8 Å². The Labute approximate surface area is 559 Å². The summed E-state index contributed by atoms with van der Waals surface area (Å²) in [5, 5.41) is 38.2. The number of carbonyl (C=O) groups is 13. The summed E-state index contributed by atoms with van der Waals surface area (Å²) < 4.78 is 52.1. The highest BCUT2D eigenvalue weighted by Crippen LogP contribution is 2.64. The van der Waals surface area contributed by atoms with Crippen LogP contribution in [0.4, 0.5) is 4.79 Å². The summed E-state index contributed by atoms with van der Waals surface area (Å²) in [6, 6.07) is 20.8. The summed E-state index contributed by atoms with van der Waals surface area (Å²) in [5.74, 6) is -13.2. The largest absolute Gasteiger partial charge is 0.466 e. The maximum absolute atomic E-state index is 15.9. The molecular formula is C68H83N5O24. The van der Waals surface area contributed by atoms with Crippen molar-refractivity contribution < 1.29 is 115 Å². The highest BCUT2D eigenvalue weighted by Gasteiger charge is 2.78. The third-order valence-electron chi connectivity index (χ3n) is 18.0. The first-order chi connectivity index (χ1) is 46.0. The molecule has 3 aliphatic carbocycles. The Morgan fingerprint density at radius 3 is 1.99 bits per heavy atom. The summed E-state index contributed by atoms with van der Waals surface area (Å²) in [6.07, 6.45) is -11.2. The lowest BCUT2D eigenvalue weighted by atomic mass is 9.44. The molecule has 1 heterocycles. The zero-order valence-corrected chi connectivity index (χ0v) is 55.1. The Morgan fingerprint density at radius 1 is 0.732 bits per heavy atom. The molecule has 7 rings (SSSR count). The molecule has 3 fully saturated rings. The molecule has 524 valence electrons. The minimum atomic E-state index is -2.57. The van der Waals surface area contributed by atoms with Crippen LogP contribution in [-0.4, -0.2) is 195 Å².